The maximum absolute atomic E-state index is 12.2. The number of carbonyl (C=O) groups excluding carboxylic acids is 1. The van der Waals surface area contributed by atoms with E-state index in [2.05, 4.69) is 23.7 Å². The van der Waals surface area contributed by atoms with Crippen LogP contribution in [0.2, 0.25) is 0 Å². The second-order valence-corrected chi connectivity index (χ2v) is 6.53. The lowest BCUT2D eigenvalue weighted by Gasteiger charge is -2.35. The Morgan fingerprint density at radius 2 is 2.11 bits per heavy atom. The van der Waals surface area contributed by atoms with Crippen molar-refractivity contribution in [2.45, 2.75) is 32.4 Å². The predicted octanol–water partition coefficient (Wildman–Crippen LogP) is 1.98. The van der Waals surface area contributed by atoms with Gasteiger partial charge in [-0.1, -0.05) is 31.7 Å². The van der Waals surface area contributed by atoms with Gasteiger partial charge in [-0.25, -0.2) is 0 Å². The van der Waals surface area contributed by atoms with E-state index >= 15 is 0 Å². The average Bonchev–Trinajstić information content (AvgIpc) is 2.85. The Morgan fingerprint density at radius 3 is 2.63 bits per heavy atom. The quantitative estimate of drug-likeness (QED) is 0.726. The molecule has 0 spiro atoms. The molecular weight excluding hydrogens is 258 g/mol. The topological polar surface area (TPSA) is 35.9 Å². The van der Waals surface area contributed by atoms with Crippen molar-refractivity contribution < 1.29 is 4.79 Å². The molecular formula is C14H23N3OS. The molecule has 0 radical (unpaired) electrons. The van der Waals surface area contributed by atoms with Crippen molar-refractivity contribution in [3.63, 3.8) is 0 Å². The monoisotopic (exact) mass is 281 g/mol. The van der Waals surface area contributed by atoms with Crippen molar-refractivity contribution in [2.75, 3.05) is 32.7 Å². The highest BCUT2D eigenvalue weighted by Gasteiger charge is 2.26. The molecule has 0 aromatic heterocycles. The molecule has 1 fully saturated rings. The number of rotatable bonds is 2. The molecule has 5 heteroatoms. The van der Waals surface area contributed by atoms with Crippen LogP contribution >= 0.6 is 11.8 Å². The second kappa shape index (κ2) is 6.46. The zero-order valence-electron chi connectivity index (χ0n) is 12.1. The van der Waals surface area contributed by atoms with Gasteiger partial charge in [-0.3, -0.25) is 9.79 Å². The van der Waals surface area contributed by atoms with Gasteiger partial charge in [-0.05, 0) is 13.3 Å². The molecule has 1 saturated heterocycles. The molecule has 0 unspecified atom stereocenters. The molecule has 0 bridgehead atoms. The van der Waals surface area contributed by atoms with E-state index in [9.17, 15) is 4.79 Å². The van der Waals surface area contributed by atoms with Gasteiger partial charge in [-0.15, -0.1) is 0 Å². The normalized spacial score (nSPS) is 24.7. The Hall–Kier alpha value is -0.970. The minimum Gasteiger partial charge on any atom is -0.348 e. The molecule has 2 aliphatic heterocycles. The van der Waals surface area contributed by atoms with Crippen molar-refractivity contribution in [1.29, 1.82) is 0 Å². The first kappa shape index (κ1) is 14.4. The van der Waals surface area contributed by atoms with Crippen LogP contribution in [0.15, 0.2) is 16.6 Å². The summed E-state index contributed by atoms with van der Waals surface area (Å²) in [5.74, 6) is 0.191. The van der Waals surface area contributed by atoms with Crippen LogP contribution in [0.1, 0.15) is 27.2 Å². The smallest absolute Gasteiger partial charge is 0.249 e. The summed E-state index contributed by atoms with van der Waals surface area (Å²) >= 11 is 1.86. The van der Waals surface area contributed by atoms with Gasteiger partial charge in [0.05, 0.1) is 6.54 Å². The van der Waals surface area contributed by atoms with Crippen LogP contribution < -0.4 is 0 Å². The first-order chi connectivity index (χ1) is 9.11. The van der Waals surface area contributed by atoms with E-state index in [0.29, 0.717) is 5.25 Å². The molecule has 0 aromatic rings. The van der Waals surface area contributed by atoms with E-state index < -0.39 is 0 Å². The van der Waals surface area contributed by atoms with Crippen LogP contribution in [0.4, 0.5) is 0 Å². The number of nitrogens with zero attached hydrogens (tertiary/aromatic N) is 3. The highest BCUT2D eigenvalue weighted by molar-refractivity contribution is 8.14. The molecule has 2 rings (SSSR count). The molecule has 2 aliphatic rings. The standard InChI is InChI=1S/C14H23N3OS/c1-4-5-11(2)13(18)16-6-8-17(9-7-16)14-15-10-12(3)19-14/h5,12H,4,6-10H2,1-3H3/b11-5-/t12-/m1/s1. The maximum Gasteiger partial charge on any atom is 0.249 e. The second-order valence-electron chi connectivity index (χ2n) is 5.13. The summed E-state index contributed by atoms with van der Waals surface area (Å²) in [6, 6.07) is 0. The number of carbonyl (C=O) groups is 1. The van der Waals surface area contributed by atoms with Gasteiger partial charge < -0.3 is 9.80 Å². The molecule has 0 aliphatic carbocycles. The number of hydrogen-bond acceptors (Lipinski definition) is 4. The summed E-state index contributed by atoms with van der Waals surface area (Å²) in [4.78, 5) is 21.0. The number of amidine groups is 1. The Bertz CT molecular complexity index is 397. The van der Waals surface area contributed by atoms with Crippen LogP contribution in [0, 0.1) is 0 Å². The van der Waals surface area contributed by atoms with Gasteiger partial charge in [0.25, 0.3) is 0 Å². The SMILES string of the molecule is CC/C=C(/C)C(=O)N1CCN(C2=NC[C@@H](C)S2)CC1. The van der Waals surface area contributed by atoms with E-state index in [1.807, 2.05) is 29.7 Å². The van der Waals surface area contributed by atoms with Crippen molar-refractivity contribution in [2.24, 2.45) is 4.99 Å². The third-order valence-electron chi connectivity index (χ3n) is 3.48. The first-order valence-electron chi connectivity index (χ1n) is 7.04. The highest BCUT2D eigenvalue weighted by atomic mass is 32.2. The summed E-state index contributed by atoms with van der Waals surface area (Å²) in [6.45, 7) is 10.5. The van der Waals surface area contributed by atoms with Gasteiger partial charge in [-0.2, -0.15) is 0 Å². The lowest BCUT2D eigenvalue weighted by Crippen LogP contribution is -2.50. The third-order valence-corrected chi connectivity index (χ3v) is 4.62. The molecule has 0 N–H and O–H groups in total. The molecule has 0 saturated carbocycles. The fourth-order valence-electron chi connectivity index (χ4n) is 2.38. The van der Waals surface area contributed by atoms with Crippen molar-refractivity contribution in [3.8, 4) is 0 Å². The van der Waals surface area contributed by atoms with Crippen LogP contribution in [0.3, 0.4) is 0 Å². The number of aliphatic imine (C=N–C) groups is 1. The van der Waals surface area contributed by atoms with Crippen molar-refractivity contribution >= 4 is 22.8 Å². The van der Waals surface area contributed by atoms with Gasteiger partial charge >= 0.3 is 0 Å². The molecule has 106 valence electrons. The maximum atomic E-state index is 12.2. The molecule has 0 aromatic carbocycles. The predicted molar refractivity (Wildman–Crippen MR) is 81.6 cm³/mol. The van der Waals surface area contributed by atoms with E-state index in [1.165, 1.54) is 5.17 Å². The van der Waals surface area contributed by atoms with Crippen LogP contribution in [0.25, 0.3) is 0 Å². The minimum absolute atomic E-state index is 0.191. The van der Waals surface area contributed by atoms with Crippen molar-refractivity contribution in [1.82, 2.24) is 9.80 Å². The number of thioether (sulfide) groups is 1. The number of piperazine rings is 1. The largest absolute Gasteiger partial charge is 0.348 e. The molecule has 1 amide bonds. The lowest BCUT2D eigenvalue weighted by atomic mass is 10.2. The van der Waals surface area contributed by atoms with Gasteiger partial charge in [0.15, 0.2) is 5.17 Å². The summed E-state index contributed by atoms with van der Waals surface area (Å²) < 4.78 is 0. The fourth-order valence-corrected chi connectivity index (χ4v) is 3.37. The molecule has 4 nitrogen and oxygen atoms in total. The fraction of sp³-hybridized carbons (Fsp3) is 0.714. The van der Waals surface area contributed by atoms with Gasteiger partial charge in [0.1, 0.15) is 0 Å². The van der Waals surface area contributed by atoms with Crippen LogP contribution in [-0.4, -0.2) is 58.8 Å². The van der Waals surface area contributed by atoms with Crippen molar-refractivity contribution in [3.05, 3.63) is 11.6 Å². The highest BCUT2D eigenvalue weighted by Crippen LogP contribution is 2.23. The van der Waals surface area contributed by atoms with Gasteiger partial charge in [0.2, 0.25) is 5.91 Å². The zero-order valence-corrected chi connectivity index (χ0v) is 12.9. The van der Waals surface area contributed by atoms with E-state index in [4.69, 9.17) is 0 Å². The van der Waals surface area contributed by atoms with Crippen LogP contribution in [0.5, 0.6) is 0 Å². The molecule has 1 atom stereocenters. The Kier molecular flexibility index (Phi) is 4.91. The summed E-state index contributed by atoms with van der Waals surface area (Å²) in [7, 11) is 0. The van der Waals surface area contributed by atoms with Crippen LogP contribution in [-0.2, 0) is 4.79 Å². The third kappa shape index (κ3) is 3.53. The summed E-state index contributed by atoms with van der Waals surface area (Å²) in [5.41, 5.74) is 0.872. The Morgan fingerprint density at radius 1 is 1.42 bits per heavy atom. The van der Waals surface area contributed by atoms with Gasteiger partial charge in [0, 0.05) is 37.0 Å². The molecule has 2 heterocycles. The number of hydrogen-bond donors (Lipinski definition) is 0. The lowest BCUT2D eigenvalue weighted by molar-refractivity contribution is -0.128. The van der Waals surface area contributed by atoms with E-state index in [-0.39, 0.29) is 5.91 Å². The molecule has 19 heavy (non-hydrogen) atoms. The number of amides is 1. The minimum atomic E-state index is 0.191. The zero-order chi connectivity index (χ0) is 13.8. The van der Waals surface area contributed by atoms with E-state index in [1.54, 1.807) is 0 Å². The Labute approximate surface area is 119 Å². The summed E-state index contributed by atoms with van der Waals surface area (Å²) in [6.07, 6.45) is 2.93. The Balaban J connectivity index is 1.86. The summed E-state index contributed by atoms with van der Waals surface area (Å²) in [5, 5.41) is 1.77. The first-order valence-corrected chi connectivity index (χ1v) is 7.92. The van der Waals surface area contributed by atoms with E-state index in [0.717, 1.165) is 44.7 Å². The number of allylic oxidation sites excluding steroid dienone is 1. The average molecular weight is 281 g/mol.